The number of amides is 1. The van der Waals surface area contributed by atoms with Crippen LogP contribution >= 0.6 is 11.6 Å². The van der Waals surface area contributed by atoms with Crippen molar-refractivity contribution >= 4 is 17.5 Å². The van der Waals surface area contributed by atoms with E-state index >= 15 is 0 Å². The van der Waals surface area contributed by atoms with Crippen LogP contribution in [-0.4, -0.2) is 37.0 Å². The van der Waals surface area contributed by atoms with Crippen LogP contribution in [0.2, 0.25) is 5.02 Å². The quantitative estimate of drug-likeness (QED) is 0.804. The van der Waals surface area contributed by atoms with Gasteiger partial charge in [0.05, 0.1) is 6.54 Å². The number of nitrogens with two attached hydrogens (primary N) is 1. The lowest BCUT2D eigenvalue weighted by molar-refractivity contribution is -0.122. The monoisotopic (exact) mass is 295 g/mol. The number of halogens is 1. The fourth-order valence-electron chi connectivity index (χ4n) is 2.45. The first-order valence-corrected chi connectivity index (χ1v) is 7.40. The summed E-state index contributed by atoms with van der Waals surface area (Å²) < 4.78 is 0. The van der Waals surface area contributed by atoms with E-state index in [0.29, 0.717) is 36.6 Å². The second-order valence-corrected chi connectivity index (χ2v) is 5.83. The Labute approximate surface area is 125 Å². The molecule has 1 aromatic carbocycles. The van der Waals surface area contributed by atoms with E-state index in [-0.39, 0.29) is 5.91 Å². The Balaban J connectivity index is 1.79. The highest BCUT2D eigenvalue weighted by molar-refractivity contribution is 6.31. The van der Waals surface area contributed by atoms with Gasteiger partial charge < -0.3 is 11.1 Å². The summed E-state index contributed by atoms with van der Waals surface area (Å²) in [6.07, 6.45) is 2.46. The lowest BCUT2D eigenvalue weighted by Gasteiger charge is -2.26. The van der Waals surface area contributed by atoms with E-state index in [0.717, 1.165) is 5.56 Å². The molecule has 1 amide bonds. The van der Waals surface area contributed by atoms with E-state index in [1.807, 2.05) is 31.3 Å². The van der Waals surface area contributed by atoms with E-state index in [4.69, 9.17) is 17.3 Å². The van der Waals surface area contributed by atoms with Gasteiger partial charge in [-0.1, -0.05) is 29.8 Å². The molecule has 20 heavy (non-hydrogen) atoms. The maximum absolute atomic E-state index is 12.0. The molecule has 0 heterocycles. The summed E-state index contributed by atoms with van der Waals surface area (Å²) in [5.74, 6) is 0.674. The smallest absolute Gasteiger partial charge is 0.234 e. The standard InChI is InChI=1S/C15H22ClN3O/c1-19(14(8-17)11-6-7-11)10-15(20)18-9-12-4-2-3-5-13(12)16/h2-5,11,14H,6-10,17H2,1H3,(H,18,20). The van der Waals surface area contributed by atoms with Gasteiger partial charge >= 0.3 is 0 Å². The van der Waals surface area contributed by atoms with Crippen molar-refractivity contribution < 1.29 is 4.79 Å². The van der Waals surface area contributed by atoms with E-state index in [1.54, 1.807) is 0 Å². The molecule has 1 atom stereocenters. The first-order valence-electron chi connectivity index (χ1n) is 7.02. The van der Waals surface area contributed by atoms with Gasteiger partial charge in [-0.15, -0.1) is 0 Å². The third-order valence-electron chi connectivity index (χ3n) is 3.80. The maximum Gasteiger partial charge on any atom is 0.234 e. The van der Waals surface area contributed by atoms with Gasteiger partial charge in [0.25, 0.3) is 0 Å². The fourth-order valence-corrected chi connectivity index (χ4v) is 2.65. The molecule has 1 aromatic rings. The Bertz CT molecular complexity index is 462. The van der Waals surface area contributed by atoms with Crippen LogP contribution in [0.1, 0.15) is 18.4 Å². The number of carbonyl (C=O) groups is 1. The number of benzene rings is 1. The molecule has 110 valence electrons. The Hall–Kier alpha value is -1.10. The number of nitrogens with zero attached hydrogens (tertiary/aromatic N) is 1. The Morgan fingerprint density at radius 2 is 2.20 bits per heavy atom. The molecular formula is C15H22ClN3O. The van der Waals surface area contributed by atoms with Crippen LogP contribution in [0.5, 0.6) is 0 Å². The molecule has 0 aliphatic heterocycles. The van der Waals surface area contributed by atoms with Crippen molar-refractivity contribution in [2.24, 2.45) is 11.7 Å². The molecule has 0 aromatic heterocycles. The second-order valence-electron chi connectivity index (χ2n) is 5.42. The third kappa shape index (κ3) is 4.20. The summed E-state index contributed by atoms with van der Waals surface area (Å²) in [6, 6.07) is 7.85. The molecule has 1 aliphatic carbocycles. The van der Waals surface area contributed by atoms with E-state index in [9.17, 15) is 4.79 Å². The average Bonchev–Trinajstić information content (AvgIpc) is 3.23. The zero-order chi connectivity index (χ0) is 14.5. The van der Waals surface area contributed by atoms with Gasteiger partial charge in [0.15, 0.2) is 0 Å². The molecule has 5 heteroatoms. The van der Waals surface area contributed by atoms with Crippen molar-refractivity contribution in [2.75, 3.05) is 20.1 Å². The number of likely N-dealkylation sites (N-methyl/N-ethyl adjacent to an activating group) is 1. The van der Waals surface area contributed by atoms with Crippen molar-refractivity contribution in [1.82, 2.24) is 10.2 Å². The minimum absolute atomic E-state index is 0.00604. The Morgan fingerprint density at radius 3 is 2.80 bits per heavy atom. The Kier molecular flexibility index (Phi) is 5.40. The first-order chi connectivity index (χ1) is 9.61. The summed E-state index contributed by atoms with van der Waals surface area (Å²) in [5, 5.41) is 3.58. The van der Waals surface area contributed by atoms with Crippen LogP contribution in [0.4, 0.5) is 0 Å². The van der Waals surface area contributed by atoms with Crippen molar-refractivity contribution in [1.29, 1.82) is 0 Å². The van der Waals surface area contributed by atoms with Crippen LogP contribution in [0, 0.1) is 5.92 Å². The minimum Gasteiger partial charge on any atom is -0.351 e. The number of hydrogen-bond donors (Lipinski definition) is 2. The first kappa shape index (κ1) is 15.3. The van der Waals surface area contributed by atoms with E-state index < -0.39 is 0 Å². The predicted molar refractivity (Wildman–Crippen MR) is 81.5 cm³/mol. The SMILES string of the molecule is CN(CC(=O)NCc1ccccc1Cl)C(CN)C1CC1. The highest BCUT2D eigenvalue weighted by Crippen LogP contribution is 2.34. The molecule has 0 spiro atoms. The average molecular weight is 296 g/mol. The van der Waals surface area contributed by atoms with Crippen molar-refractivity contribution in [3.63, 3.8) is 0 Å². The molecule has 2 rings (SSSR count). The van der Waals surface area contributed by atoms with Gasteiger partial charge in [-0.2, -0.15) is 0 Å². The fraction of sp³-hybridized carbons (Fsp3) is 0.533. The van der Waals surface area contributed by atoms with Gasteiger partial charge in [-0.05, 0) is 37.4 Å². The number of rotatable bonds is 7. The minimum atomic E-state index is 0.00604. The Morgan fingerprint density at radius 1 is 1.50 bits per heavy atom. The highest BCUT2D eigenvalue weighted by Gasteiger charge is 2.33. The largest absolute Gasteiger partial charge is 0.351 e. The molecule has 0 saturated heterocycles. The summed E-state index contributed by atoms with van der Waals surface area (Å²) >= 11 is 6.06. The van der Waals surface area contributed by atoms with Gasteiger partial charge in [-0.25, -0.2) is 0 Å². The lowest BCUT2D eigenvalue weighted by atomic mass is 10.1. The molecule has 3 N–H and O–H groups in total. The second kappa shape index (κ2) is 7.07. The number of hydrogen-bond acceptors (Lipinski definition) is 3. The van der Waals surface area contributed by atoms with Gasteiger partial charge in [-0.3, -0.25) is 9.69 Å². The zero-order valence-electron chi connectivity index (χ0n) is 11.8. The third-order valence-corrected chi connectivity index (χ3v) is 4.17. The van der Waals surface area contributed by atoms with E-state index in [2.05, 4.69) is 10.2 Å². The van der Waals surface area contributed by atoms with Gasteiger partial charge in [0, 0.05) is 24.2 Å². The predicted octanol–water partition coefficient (Wildman–Crippen LogP) is 1.63. The summed E-state index contributed by atoms with van der Waals surface area (Å²) in [6.45, 7) is 1.45. The van der Waals surface area contributed by atoms with Gasteiger partial charge in [0.1, 0.15) is 0 Å². The van der Waals surface area contributed by atoms with Gasteiger partial charge in [0.2, 0.25) is 5.91 Å². The van der Waals surface area contributed by atoms with Crippen molar-refractivity contribution in [3.05, 3.63) is 34.9 Å². The molecular weight excluding hydrogens is 274 g/mol. The highest BCUT2D eigenvalue weighted by atomic mass is 35.5. The number of nitrogens with one attached hydrogen (secondary N) is 1. The molecule has 0 radical (unpaired) electrons. The van der Waals surface area contributed by atoms with Crippen LogP contribution in [0.15, 0.2) is 24.3 Å². The number of carbonyl (C=O) groups excluding carboxylic acids is 1. The molecule has 1 saturated carbocycles. The molecule has 1 aliphatic rings. The van der Waals surface area contributed by atoms with Crippen LogP contribution in [-0.2, 0) is 11.3 Å². The van der Waals surface area contributed by atoms with Crippen LogP contribution in [0.3, 0.4) is 0 Å². The normalized spacial score (nSPS) is 16.2. The zero-order valence-corrected chi connectivity index (χ0v) is 12.6. The van der Waals surface area contributed by atoms with E-state index in [1.165, 1.54) is 12.8 Å². The summed E-state index contributed by atoms with van der Waals surface area (Å²) in [5.41, 5.74) is 6.72. The molecule has 0 bridgehead atoms. The molecule has 1 unspecified atom stereocenters. The van der Waals surface area contributed by atoms with Crippen molar-refractivity contribution in [3.8, 4) is 0 Å². The van der Waals surface area contributed by atoms with Crippen molar-refractivity contribution in [2.45, 2.75) is 25.4 Å². The maximum atomic E-state index is 12.0. The topological polar surface area (TPSA) is 58.4 Å². The van der Waals surface area contributed by atoms with Crippen LogP contribution < -0.4 is 11.1 Å². The molecule has 1 fully saturated rings. The molecule has 4 nitrogen and oxygen atoms in total. The lowest BCUT2D eigenvalue weighted by Crippen LogP contribution is -2.44. The van der Waals surface area contributed by atoms with Crippen LogP contribution in [0.25, 0.3) is 0 Å². The summed E-state index contributed by atoms with van der Waals surface area (Å²) in [4.78, 5) is 14.0. The summed E-state index contributed by atoms with van der Waals surface area (Å²) in [7, 11) is 1.96.